The molecule has 1 aromatic carbocycles. The first-order valence-electron chi connectivity index (χ1n) is 8.08. The molecule has 25 heavy (non-hydrogen) atoms. The summed E-state index contributed by atoms with van der Waals surface area (Å²) >= 11 is 0. The zero-order valence-electron chi connectivity index (χ0n) is 13.7. The van der Waals surface area contributed by atoms with Crippen molar-refractivity contribution in [2.75, 3.05) is 6.61 Å². The topological polar surface area (TPSA) is 39.9 Å². The van der Waals surface area contributed by atoms with E-state index in [2.05, 4.69) is 9.97 Å². The predicted molar refractivity (Wildman–Crippen MR) is 95.5 cm³/mol. The molecular formula is C20H16FN3O. The largest absolute Gasteiger partial charge is 0.413 e. The lowest BCUT2D eigenvalue weighted by Gasteiger charge is -2.12. The van der Waals surface area contributed by atoms with Gasteiger partial charge in [-0.15, -0.1) is 0 Å². The smallest absolute Gasteiger partial charge is 0.123 e. The third kappa shape index (κ3) is 2.63. The second-order valence-corrected chi connectivity index (χ2v) is 5.55. The summed E-state index contributed by atoms with van der Waals surface area (Å²) in [5.74, 6) is -0.268. The van der Waals surface area contributed by atoms with Gasteiger partial charge < -0.3 is 4.84 Å². The maximum atomic E-state index is 13.4. The Labute approximate surface area is 144 Å². The Bertz CT molecular complexity index is 1010. The van der Waals surface area contributed by atoms with Crippen LogP contribution in [0.1, 0.15) is 6.92 Å². The highest BCUT2D eigenvalue weighted by Crippen LogP contribution is 2.39. The number of rotatable bonds is 4. The molecule has 0 bridgehead atoms. The van der Waals surface area contributed by atoms with Gasteiger partial charge in [-0.05, 0) is 48.9 Å². The monoisotopic (exact) mass is 333 g/mol. The summed E-state index contributed by atoms with van der Waals surface area (Å²) in [7, 11) is 0. The van der Waals surface area contributed by atoms with Gasteiger partial charge in [-0.1, -0.05) is 12.1 Å². The minimum absolute atomic E-state index is 0.268. The molecule has 4 rings (SSSR count). The molecule has 4 aromatic rings. The summed E-state index contributed by atoms with van der Waals surface area (Å²) < 4.78 is 15.2. The van der Waals surface area contributed by atoms with E-state index in [1.807, 2.05) is 31.2 Å². The van der Waals surface area contributed by atoms with Crippen molar-refractivity contribution in [2.45, 2.75) is 6.92 Å². The lowest BCUT2D eigenvalue weighted by Crippen LogP contribution is -2.11. The van der Waals surface area contributed by atoms with Gasteiger partial charge in [-0.3, -0.25) is 9.97 Å². The summed E-state index contributed by atoms with van der Waals surface area (Å²) in [6.07, 6.45) is 5.23. The van der Waals surface area contributed by atoms with Crippen molar-refractivity contribution < 1.29 is 9.23 Å². The average Bonchev–Trinajstić information content (AvgIpc) is 2.98. The van der Waals surface area contributed by atoms with Crippen LogP contribution >= 0.6 is 0 Å². The molecule has 0 radical (unpaired) electrons. The fourth-order valence-electron chi connectivity index (χ4n) is 3.01. The van der Waals surface area contributed by atoms with Crippen molar-refractivity contribution in [1.82, 2.24) is 14.7 Å². The Morgan fingerprint density at radius 2 is 1.72 bits per heavy atom. The van der Waals surface area contributed by atoms with E-state index < -0.39 is 0 Å². The highest BCUT2D eigenvalue weighted by Gasteiger charge is 2.22. The number of benzene rings is 1. The third-order valence-corrected chi connectivity index (χ3v) is 4.03. The van der Waals surface area contributed by atoms with Gasteiger partial charge in [0.15, 0.2) is 0 Å². The van der Waals surface area contributed by atoms with Crippen molar-refractivity contribution >= 4 is 11.0 Å². The standard InChI is InChI=1S/C20H16FN3O/c1-2-25-24-17-4-3-11-23-19(17)18(14-5-7-16(21)8-6-14)20(24)15-9-12-22-13-10-15/h3-13H,2H2,1H3. The van der Waals surface area contributed by atoms with Crippen molar-refractivity contribution in [3.8, 4) is 22.4 Å². The molecule has 0 amide bonds. The van der Waals surface area contributed by atoms with E-state index in [1.54, 1.807) is 35.5 Å². The molecule has 0 aliphatic heterocycles. The van der Waals surface area contributed by atoms with Gasteiger partial charge in [0.25, 0.3) is 0 Å². The van der Waals surface area contributed by atoms with Gasteiger partial charge in [-0.2, -0.15) is 4.73 Å². The molecular weight excluding hydrogens is 317 g/mol. The van der Waals surface area contributed by atoms with Crippen LogP contribution in [0.2, 0.25) is 0 Å². The first-order chi connectivity index (χ1) is 12.3. The number of hydrogen-bond donors (Lipinski definition) is 0. The van der Waals surface area contributed by atoms with Gasteiger partial charge in [0.1, 0.15) is 23.5 Å². The van der Waals surface area contributed by atoms with Gasteiger partial charge in [0.05, 0.1) is 5.69 Å². The zero-order valence-corrected chi connectivity index (χ0v) is 13.7. The van der Waals surface area contributed by atoms with Crippen LogP contribution in [-0.2, 0) is 0 Å². The molecule has 0 spiro atoms. The van der Waals surface area contributed by atoms with Crippen LogP contribution in [0, 0.1) is 5.82 Å². The third-order valence-electron chi connectivity index (χ3n) is 4.03. The Hall–Kier alpha value is -3.21. The molecule has 124 valence electrons. The Kier molecular flexibility index (Phi) is 3.90. The number of halogens is 1. The molecule has 0 fully saturated rings. The normalized spacial score (nSPS) is 11.0. The minimum atomic E-state index is -0.268. The lowest BCUT2D eigenvalue weighted by atomic mass is 10.0. The molecule has 3 aromatic heterocycles. The summed E-state index contributed by atoms with van der Waals surface area (Å²) in [5, 5.41) is 0. The van der Waals surface area contributed by atoms with E-state index in [0.717, 1.165) is 33.4 Å². The zero-order chi connectivity index (χ0) is 17.2. The second kappa shape index (κ2) is 6.36. The molecule has 4 nitrogen and oxygen atoms in total. The Morgan fingerprint density at radius 3 is 2.44 bits per heavy atom. The molecule has 0 aliphatic carbocycles. The maximum Gasteiger partial charge on any atom is 0.123 e. The van der Waals surface area contributed by atoms with Crippen LogP contribution in [0.3, 0.4) is 0 Å². The van der Waals surface area contributed by atoms with Crippen molar-refractivity contribution in [3.63, 3.8) is 0 Å². The summed E-state index contributed by atoms with van der Waals surface area (Å²) in [6, 6.07) is 14.1. The number of pyridine rings is 2. The highest BCUT2D eigenvalue weighted by atomic mass is 19.1. The van der Waals surface area contributed by atoms with Crippen LogP contribution in [0.15, 0.2) is 67.1 Å². The van der Waals surface area contributed by atoms with E-state index in [-0.39, 0.29) is 5.82 Å². The van der Waals surface area contributed by atoms with Gasteiger partial charge >= 0.3 is 0 Å². The van der Waals surface area contributed by atoms with E-state index in [1.165, 1.54) is 12.1 Å². The highest BCUT2D eigenvalue weighted by molar-refractivity contribution is 6.01. The number of hydrogen-bond acceptors (Lipinski definition) is 3. The van der Waals surface area contributed by atoms with Crippen LogP contribution in [0.4, 0.5) is 4.39 Å². The molecule has 0 saturated carbocycles. The van der Waals surface area contributed by atoms with E-state index >= 15 is 0 Å². The SMILES string of the molecule is CCOn1c(-c2ccncc2)c(-c2ccc(F)cc2)c2ncccc21. The molecule has 0 N–H and O–H groups in total. The summed E-state index contributed by atoms with van der Waals surface area (Å²) in [5.41, 5.74) is 5.32. The summed E-state index contributed by atoms with van der Waals surface area (Å²) in [4.78, 5) is 14.6. The van der Waals surface area contributed by atoms with Gasteiger partial charge in [0, 0.05) is 29.7 Å². The maximum absolute atomic E-state index is 13.4. The average molecular weight is 333 g/mol. The van der Waals surface area contributed by atoms with E-state index in [4.69, 9.17) is 4.84 Å². The Morgan fingerprint density at radius 1 is 0.960 bits per heavy atom. The summed E-state index contributed by atoms with van der Waals surface area (Å²) in [6.45, 7) is 2.45. The quantitative estimate of drug-likeness (QED) is 0.557. The molecule has 0 atom stereocenters. The predicted octanol–water partition coefficient (Wildman–Crippen LogP) is 4.35. The Balaban J connectivity index is 2.10. The van der Waals surface area contributed by atoms with Crippen LogP contribution in [-0.4, -0.2) is 21.3 Å². The van der Waals surface area contributed by atoms with E-state index in [9.17, 15) is 4.39 Å². The van der Waals surface area contributed by atoms with Crippen LogP contribution in [0.5, 0.6) is 0 Å². The molecule has 5 heteroatoms. The molecule has 3 heterocycles. The number of nitrogens with zero attached hydrogens (tertiary/aromatic N) is 3. The first-order valence-corrected chi connectivity index (χ1v) is 8.08. The molecule has 0 saturated heterocycles. The molecule has 0 aliphatic rings. The van der Waals surface area contributed by atoms with Crippen molar-refractivity contribution in [2.24, 2.45) is 0 Å². The fraction of sp³-hybridized carbons (Fsp3) is 0.100. The van der Waals surface area contributed by atoms with Crippen molar-refractivity contribution in [1.29, 1.82) is 0 Å². The fourth-order valence-corrected chi connectivity index (χ4v) is 3.01. The number of fused-ring (bicyclic) bond motifs is 1. The van der Waals surface area contributed by atoms with E-state index in [0.29, 0.717) is 6.61 Å². The van der Waals surface area contributed by atoms with Gasteiger partial charge in [0.2, 0.25) is 0 Å². The van der Waals surface area contributed by atoms with Crippen molar-refractivity contribution in [3.05, 3.63) is 72.9 Å². The van der Waals surface area contributed by atoms with Crippen LogP contribution < -0.4 is 4.84 Å². The minimum Gasteiger partial charge on any atom is -0.413 e. The first kappa shape index (κ1) is 15.3. The van der Waals surface area contributed by atoms with Crippen LogP contribution in [0.25, 0.3) is 33.4 Å². The second-order valence-electron chi connectivity index (χ2n) is 5.55. The number of aromatic nitrogens is 3. The lowest BCUT2D eigenvalue weighted by molar-refractivity contribution is 0.136. The van der Waals surface area contributed by atoms with Gasteiger partial charge in [-0.25, -0.2) is 4.39 Å². The molecule has 0 unspecified atom stereocenters.